The Morgan fingerprint density at radius 3 is 2.16 bits per heavy atom. The first-order chi connectivity index (χ1) is 9.15. The fraction of sp³-hybridized carbons (Fsp3) is 0.143. The molecule has 2 nitrogen and oxygen atoms in total. The summed E-state index contributed by atoms with van der Waals surface area (Å²) in [5.74, 6) is 0.682. The van der Waals surface area contributed by atoms with Crippen LogP contribution in [0.15, 0.2) is 53.4 Å². The number of halogens is 1. The Morgan fingerprint density at radius 1 is 0.947 bits per heavy atom. The third kappa shape index (κ3) is 4.38. The Bertz CT molecular complexity index is 514. The molecule has 0 spiro atoms. The van der Waals surface area contributed by atoms with Crippen LogP contribution in [0.3, 0.4) is 0 Å². The highest BCUT2D eigenvalue weighted by atomic mass is 32.2. The Balaban J connectivity index is 1.83. The zero-order valence-electron chi connectivity index (χ0n) is 10.3. The van der Waals surface area contributed by atoms with Crippen molar-refractivity contribution in [3.8, 4) is 0 Å². The average molecular weight is 276 g/mol. The quantitative estimate of drug-likeness (QED) is 0.646. The van der Waals surface area contributed by atoms with E-state index in [0.717, 1.165) is 22.6 Å². The topological polar surface area (TPSA) is 40.5 Å². The fourth-order valence-electron chi connectivity index (χ4n) is 1.67. The van der Waals surface area contributed by atoms with Crippen molar-refractivity contribution >= 4 is 24.3 Å². The maximum atomic E-state index is 12.7. The lowest BCUT2D eigenvalue weighted by atomic mass is 9.81. The lowest BCUT2D eigenvalue weighted by Gasteiger charge is -2.04. The number of benzene rings is 2. The molecule has 0 heterocycles. The second-order valence-corrected chi connectivity index (χ2v) is 5.34. The molecule has 2 rings (SSSR count). The first-order valence-electron chi connectivity index (χ1n) is 5.98. The number of hydrogen-bond acceptors (Lipinski definition) is 3. The summed E-state index contributed by atoms with van der Waals surface area (Å²) >= 11 is 1.68. The second-order valence-electron chi connectivity index (χ2n) is 4.17. The first kappa shape index (κ1) is 14.1. The van der Waals surface area contributed by atoms with Crippen molar-refractivity contribution in [2.24, 2.45) is 0 Å². The van der Waals surface area contributed by atoms with Crippen molar-refractivity contribution in [1.82, 2.24) is 0 Å². The van der Waals surface area contributed by atoms with Crippen molar-refractivity contribution in [2.45, 2.75) is 11.3 Å². The average Bonchev–Trinajstić information content (AvgIpc) is 2.41. The summed E-state index contributed by atoms with van der Waals surface area (Å²) in [6, 6.07) is 13.7. The third-order valence-electron chi connectivity index (χ3n) is 2.75. The van der Waals surface area contributed by atoms with Gasteiger partial charge < -0.3 is 10.0 Å². The van der Waals surface area contributed by atoms with Crippen molar-refractivity contribution in [3.05, 3.63) is 59.9 Å². The van der Waals surface area contributed by atoms with E-state index in [-0.39, 0.29) is 5.82 Å². The molecule has 0 aliphatic rings. The summed E-state index contributed by atoms with van der Waals surface area (Å²) in [6.07, 6.45) is 0.870. The molecule has 2 N–H and O–H groups in total. The van der Waals surface area contributed by atoms with Crippen molar-refractivity contribution in [3.63, 3.8) is 0 Å². The Morgan fingerprint density at radius 2 is 1.58 bits per heavy atom. The van der Waals surface area contributed by atoms with Crippen LogP contribution in [0.5, 0.6) is 0 Å². The number of aryl methyl sites for hydroxylation is 1. The lowest BCUT2D eigenvalue weighted by Crippen LogP contribution is -2.29. The van der Waals surface area contributed by atoms with Gasteiger partial charge >= 0.3 is 7.12 Å². The van der Waals surface area contributed by atoms with Crippen LogP contribution in [0.2, 0.25) is 0 Å². The Labute approximate surface area is 116 Å². The van der Waals surface area contributed by atoms with Crippen molar-refractivity contribution < 1.29 is 14.4 Å². The zero-order valence-corrected chi connectivity index (χ0v) is 11.1. The van der Waals surface area contributed by atoms with Gasteiger partial charge in [0.25, 0.3) is 0 Å². The molecule has 2 aromatic carbocycles. The summed E-state index contributed by atoms with van der Waals surface area (Å²) in [5, 5.41) is 18.0. The maximum Gasteiger partial charge on any atom is 0.488 e. The van der Waals surface area contributed by atoms with Gasteiger partial charge in [-0.15, -0.1) is 11.8 Å². The van der Waals surface area contributed by atoms with Crippen LogP contribution in [0.25, 0.3) is 0 Å². The minimum Gasteiger partial charge on any atom is -0.423 e. The predicted molar refractivity (Wildman–Crippen MR) is 77.1 cm³/mol. The molecule has 0 bridgehead atoms. The van der Waals surface area contributed by atoms with Crippen LogP contribution < -0.4 is 5.46 Å². The Hall–Kier alpha value is -1.30. The molecule has 0 aromatic heterocycles. The molecule has 0 aliphatic carbocycles. The highest BCUT2D eigenvalue weighted by Gasteiger charge is 2.09. The molecule has 19 heavy (non-hydrogen) atoms. The van der Waals surface area contributed by atoms with E-state index >= 15 is 0 Å². The largest absolute Gasteiger partial charge is 0.488 e. The van der Waals surface area contributed by atoms with Crippen LogP contribution in [0.1, 0.15) is 5.56 Å². The minimum atomic E-state index is -1.42. The maximum absolute atomic E-state index is 12.7. The monoisotopic (exact) mass is 276 g/mol. The standard InChI is InChI=1S/C14H14BFO2S/c16-13-5-1-11(2-6-13)9-10-19-14-7-3-12(4-8-14)15(17)18/h1-8,17-18H,9-10H2. The van der Waals surface area contributed by atoms with E-state index in [1.807, 2.05) is 12.1 Å². The van der Waals surface area contributed by atoms with Gasteiger partial charge in [-0.3, -0.25) is 0 Å². The molecule has 5 heteroatoms. The highest BCUT2D eigenvalue weighted by molar-refractivity contribution is 7.99. The SMILES string of the molecule is OB(O)c1ccc(SCCc2ccc(F)cc2)cc1. The molecule has 0 aliphatic heterocycles. The van der Waals surface area contributed by atoms with Gasteiger partial charge in [0, 0.05) is 10.6 Å². The van der Waals surface area contributed by atoms with E-state index in [0.29, 0.717) is 5.46 Å². The highest BCUT2D eigenvalue weighted by Crippen LogP contribution is 2.18. The summed E-state index contributed by atoms with van der Waals surface area (Å²) in [4.78, 5) is 1.08. The predicted octanol–water partition coefficient (Wildman–Crippen LogP) is 1.84. The number of thioether (sulfide) groups is 1. The van der Waals surface area contributed by atoms with E-state index in [1.54, 1.807) is 36.0 Å². The van der Waals surface area contributed by atoms with E-state index in [9.17, 15) is 4.39 Å². The molecular weight excluding hydrogens is 262 g/mol. The third-order valence-corrected chi connectivity index (χ3v) is 3.76. The van der Waals surface area contributed by atoms with E-state index in [2.05, 4.69) is 0 Å². The van der Waals surface area contributed by atoms with Gasteiger partial charge in [-0.05, 0) is 41.7 Å². The molecular formula is C14H14BFO2S. The van der Waals surface area contributed by atoms with Gasteiger partial charge in [0.2, 0.25) is 0 Å². The molecule has 0 amide bonds. The van der Waals surface area contributed by atoms with Gasteiger partial charge in [0.1, 0.15) is 5.82 Å². The summed E-state index contributed by atoms with van der Waals surface area (Å²) in [7, 11) is -1.42. The van der Waals surface area contributed by atoms with E-state index in [1.165, 1.54) is 12.1 Å². The van der Waals surface area contributed by atoms with Crippen LogP contribution >= 0.6 is 11.8 Å². The molecule has 98 valence electrons. The van der Waals surface area contributed by atoms with Crippen LogP contribution in [-0.2, 0) is 6.42 Å². The van der Waals surface area contributed by atoms with Crippen LogP contribution in [0.4, 0.5) is 4.39 Å². The van der Waals surface area contributed by atoms with Gasteiger partial charge in [-0.25, -0.2) is 4.39 Å². The summed E-state index contributed by atoms with van der Waals surface area (Å²) in [5.41, 5.74) is 1.60. The molecule has 0 saturated carbocycles. The number of rotatable bonds is 5. The summed E-state index contributed by atoms with van der Waals surface area (Å²) in [6.45, 7) is 0. The Kier molecular flexibility index (Phi) is 5.02. The first-order valence-corrected chi connectivity index (χ1v) is 6.97. The second kappa shape index (κ2) is 6.75. The van der Waals surface area contributed by atoms with Gasteiger partial charge in [-0.2, -0.15) is 0 Å². The molecule has 0 unspecified atom stereocenters. The smallest absolute Gasteiger partial charge is 0.423 e. The molecule has 0 radical (unpaired) electrons. The van der Waals surface area contributed by atoms with Crippen molar-refractivity contribution in [2.75, 3.05) is 5.75 Å². The van der Waals surface area contributed by atoms with Crippen LogP contribution in [-0.4, -0.2) is 22.9 Å². The van der Waals surface area contributed by atoms with Gasteiger partial charge in [0.15, 0.2) is 0 Å². The zero-order chi connectivity index (χ0) is 13.7. The summed E-state index contributed by atoms with van der Waals surface area (Å²) < 4.78 is 12.7. The minimum absolute atomic E-state index is 0.213. The number of hydrogen-bond donors (Lipinski definition) is 2. The fourth-order valence-corrected chi connectivity index (χ4v) is 2.58. The van der Waals surface area contributed by atoms with Gasteiger partial charge in [-0.1, -0.05) is 24.3 Å². The molecule has 0 fully saturated rings. The van der Waals surface area contributed by atoms with E-state index < -0.39 is 7.12 Å². The van der Waals surface area contributed by atoms with Crippen molar-refractivity contribution in [1.29, 1.82) is 0 Å². The van der Waals surface area contributed by atoms with E-state index in [4.69, 9.17) is 10.0 Å². The molecule has 0 atom stereocenters. The van der Waals surface area contributed by atoms with Gasteiger partial charge in [0.05, 0.1) is 0 Å². The lowest BCUT2D eigenvalue weighted by molar-refractivity contribution is 0.426. The molecule has 2 aromatic rings. The molecule has 0 saturated heterocycles. The normalized spacial score (nSPS) is 10.5. The van der Waals surface area contributed by atoms with Crippen LogP contribution in [0, 0.1) is 5.82 Å².